The van der Waals surface area contributed by atoms with Crippen molar-refractivity contribution in [1.29, 1.82) is 0 Å². The summed E-state index contributed by atoms with van der Waals surface area (Å²) in [7, 11) is 0. The number of carbonyl (C=O) groups excluding carboxylic acids is 2. The Hall–Kier alpha value is -1.52. The van der Waals surface area contributed by atoms with Crippen molar-refractivity contribution in [2.45, 2.75) is 78.4 Å². The van der Waals surface area contributed by atoms with Crippen molar-refractivity contribution in [3.05, 3.63) is 11.6 Å². The van der Waals surface area contributed by atoms with Crippen LogP contribution in [-0.2, 0) is 14.3 Å². The molecule has 0 aromatic rings. The number of hydrogen-bond donors (Lipinski definition) is 1. The Bertz CT molecular complexity index is 429. The summed E-state index contributed by atoms with van der Waals surface area (Å²) in [4.78, 5) is 23.3. The lowest BCUT2D eigenvalue weighted by Gasteiger charge is -2.29. The number of alkyl carbamates (subject to hydrolysis) is 1. The molecule has 1 rings (SSSR count). The van der Waals surface area contributed by atoms with E-state index in [1.54, 1.807) is 6.92 Å². The van der Waals surface area contributed by atoms with Crippen molar-refractivity contribution in [2.24, 2.45) is 5.92 Å². The molecule has 0 aromatic carbocycles. The van der Waals surface area contributed by atoms with Gasteiger partial charge in [-0.1, -0.05) is 6.08 Å². The summed E-state index contributed by atoms with van der Waals surface area (Å²) >= 11 is 0. The van der Waals surface area contributed by atoms with Crippen molar-refractivity contribution in [3.63, 3.8) is 0 Å². The molecule has 1 amide bonds. The van der Waals surface area contributed by atoms with Gasteiger partial charge in [-0.2, -0.15) is 0 Å². The first-order valence-electron chi connectivity index (χ1n) is 8.54. The standard InChI is InChI=1S/C18H31NO4/c1-6-22-16(20)13(2)7-8-14-9-11-15(12-10-14)19-17(21)23-18(3,4)5/h7,14-15H,6,8-12H2,1-5H3,(H,19,21)/b13-7+/t14-,15+. The van der Waals surface area contributed by atoms with Crippen molar-refractivity contribution in [2.75, 3.05) is 6.61 Å². The molecule has 1 fully saturated rings. The van der Waals surface area contributed by atoms with E-state index in [9.17, 15) is 9.59 Å². The van der Waals surface area contributed by atoms with E-state index in [0.29, 0.717) is 18.1 Å². The van der Waals surface area contributed by atoms with Crippen LogP contribution in [0.5, 0.6) is 0 Å². The number of amides is 1. The normalized spacial score (nSPS) is 22.4. The van der Waals surface area contributed by atoms with Gasteiger partial charge >= 0.3 is 12.1 Å². The van der Waals surface area contributed by atoms with E-state index in [4.69, 9.17) is 9.47 Å². The monoisotopic (exact) mass is 325 g/mol. The van der Waals surface area contributed by atoms with Crippen LogP contribution in [0.4, 0.5) is 4.79 Å². The minimum absolute atomic E-state index is 0.191. The summed E-state index contributed by atoms with van der Waals surface area (Å²) in [5, 5.41) is 2.95. The molecule has 23 heavy (non-hydrogen) atoms. The largest absolute Gasteiger partial charge is 0.463 e. The first-order valence-corrected chi connectivity index (χ1v) is 8.54. The average molecular weight is 325 g/mol. The van der Waals surface area contributed by atoms with Gasteiger partial charge in [-0.05, 0) is 72.6 Å². The van der Waals surface area contributed by atoms with E-state index < -0.39 is 5.60 Å². The molecule has 5 nitrogen and oxygen atoms in total. The van der Waals surface area contributed by atoms with Crippen molar-refractivity contribution < 1.29 is 19.1 Å². The number of nitrogens with one attached hydrogen (secondary N) is 1. The first-order chi connectivity index (χ1) is 10.7. The van der Waals surface area contributed by atoms with Crippen molar-refractivity contribution in [1.82, 2.24) is 5.32 Å². The van der Waals surface area contributed by atoms with Gasteiger partial charge in [0.2, 0.25) is 0 Å². The summed E-state index contributed by atoms with van der Waals surface area (Å²) in [5.74, 6) is 0.337. The minimum Gasteiger partial charge on any atom is -0.463 e. The highest BCUT2D eigenvalue weighted by Crippen LogP contribution is 2.27. The lowest BCUT2D eigenvalue weighted by molar-refractivity contribution is -0.138. The molecule has 5 heteroatoms. The van der Waals surface area contributed by atoms with Gasteiger partial charge in [-0.15, -0.1) is 0 Å². The number of rotatable bonds is 5. The van der Waals surface area contributed by atoms with Crippen LogP contribution in [0.2, 0.25) is 0 Å². The highest BCUT2D eigenvalue weighted by atomic mass is 16.6. The summed E-state index contributed by atoms with van der Waals surface area (Å²) < 4.78 is 10.3. The lowest BCUT2D eigenvalue weighted by Crippen LogP contribution is -2.40. The zero-order chi connectivity index (χ0) is 17.5. The van der Waals surface area contributed by atoms with Gasteiger partial charge in [0.25, 0.3) is 0 Å². The molecule has 0 aromatic heterocycles. The van der Waals surface area contributed by atoms with E-state index >= 15 is 0 Å². The lowest BCUT2D eigenvalue weighted by atomic mass is 9.84. The van der Waals surface area contributed by atoms with Crippen LogP contribution < -0.4 is 5.32 Å². The summed E-state index contributed by atoms with van der Waals surface area (Å²) in [6, 6.07) is 0.191. The zero-order valence-electron chi connectivity index (χ0n) is 15.1. The predicted molar refractivity (Wildman–Crippen MR) is 90.1 cm³/mol. The summed E-state index contributed by atoms with van der Waals surface area (Å²) in [6.07, 6.45) is 6.54. The molecule has 1 N–H and O–H groups in total. The van der Waals surface area contributed by atoms with Gasteiger partial charge in [0.05, 0.1) is 6.61 Å². The highest BCUT2D eigenvalue weighted by molar-refractivity contribution is 5.87. The molecule has 0 heterocycles. The van der Waals surface area contributed by atoms with Gasteiger partial charge in [0.1, 0.15) is 5.60 Å². The second kappa shape index (κ2) is 8.94. The predicted octanol–water partition coefficient (Wildman–Crippen LogP) is 3.97. The van der Waals surface area contributed by atoms with E-state index in [0.717, 1.165) is 32.1 Å². The molecule has 0 unspecified atom stereocenters. The van der Waals surface area contributed by atoms with Gasteiger partial charge in [-0.3, -0.25) is 0 Å². The van der Waals surface area contributed by atoms with Gasteiger partial charge < -0.3 is 14.8 Å². The number of esters is 1. The van der Waals surface area contributed by atoms with Crippen LogP contribution in [0.1, 0.15) is 66.7 Å². The molecule has 1 aliphatic carbocycles. The maximum Gasteiger partial charge on any atom is 0.407 e. The number of hydrogen-bond acceptors (Lipinski definition) is 4. The molecule has 0 spiro atoms. The quantitative estimate of drug-likeness (QED) is 0.613. The summed E-state index contributed by atoms with van der Waals surface area (Å²) in [6.45, 7) is 9.61. The minimum atomic E-state index is -0.462. The Kier molecular flexibility index (Phi) is 7.59. The third kappa shape index (κ3) is 8.05. The SMILES string of the molecule is CCOC(=O)/C(C)=C/C[C@H]1CC[C@@H](NC(=O)OC(C)(C)C)CC1. The fourth-order valence-electron chi connectivity index (χ4n) is 2.69. The molecule has 0 radical (unpaired) electrons. The third-order valence-electron chi connectivity index (χ3n) is 3.92. The first kappa shape index (κ1) is 19.5. The van der Waals surface area contributed by atoms with Crippen LogP contribution >= 0.6 is 0 Å². The molecule has 132 valence electrons. The van der Waals surface area contributed by atoms with Crippen LogP contribution in [0.3, 0.4) is 0 Å². The van der Waals surface area contributed by atoms with Crippen LogP contribution in [0, 0.1) is 5.92 Å². The second-order valence-electron chi connectivity index (χ2n) is 7.21. The van der Waals surface area contributed by atoms with Gasteiger partial charge in [0.15, 0.2) is 0 Å². The summed E-state index contributed by atoms with van der Waals surface area (Å²) in [5.41, 5.74) is 0.220. The van der Waals surface area contributed by atoms with Crippen molar-refractivity contribution in [3.8, 4) is 0 Å². The third-order valence-corrected chi connectivity index (χ3v) is 3.92. The van der Waals surface area contributed by atoms with Crippen molar-refractivity contribution >= 4 is 12.1 Å². The number of carbonyl (C=O) groups is 2. The second-order valence-corrected chi connectivity index (χ2v) is 7.21. The Morgan fingerprint density at radius 1 is 1.17 bits per heavy atom. The fraction of sp³-hybridized carbons (Fsp3) is 0.778. The highest BCUT2D eigenvalue weighted by Gasteiger charge is 2.24. The zero-order valence-corrected chi connectivity index (χ0v) is 15.1. The fourth-order valence-corrected chi connectivity index (χ4v) is 2.69. The molecule has 0 atom stereocenters. The maximum atomic E-state index is 11.8. The van der Waals surface area contributed by atoms with E-state index in [1.165, 1.54) is 0 Å². The Labute approximate surface area is 139 Å². The molecule has 0 bridgehead atoms. The molecule has 1 saturated carbocycles. The Morgan fingerprint density at radius 2 is 1.78 bits per heavy atom. The van der Waals surface area contributed by atoms with Gasteiger partial charge in [-0.25, -0.2) is 9.59 Å². The van der Waals surface area contributed by atoms with Gasteiger partial charge in [0, 0.05) is 11.6 Å². The molecular formula is C18H31NO4. The van der Waals surface area contributed by atoms with E-state index in [2.05, 4.69) is 5.32 Å². The Balaban J connectivity index is 2.31. The van der Waals surface area contributed by atoms with Crippen LogP contribution in [0.15, 0.2) is 11.6 Å². The molecule has 1 aliphatic rings. The maximum absolute atomic E-state index is 11.8. The molecular weight excluding hydrogens is 294 g/mol. The van der Waals surface area contributed by atoms with E-state index in [-0.39, 0.29) is 18.1 Å². The smallest absolute Gasteiger partial charge is 0.407 e. The number of allylic oxidation sites excluding steroid dienone is 1. The average Bonchev–Trinajstić information content (AvgIpc) is 2.44. The molecule has 0 aliphatic heterocycles. The van der Waals surface area contributed by atoms with E-state index in [1.807, 2.05) is 33.8 Å². The van der Waals surface area contributed by atoms with Crippen LogP contribution in [-0.4, -0.2) is 30.3 Å². The number of ether oxygens (including phenoxy) is 2. The molecule has 0 saturated heterocycles. The Morgan fingerprint density at radius 3 is 2.30 bits per heavy atom. The topological polar surface area (TPSA) is 64.6 Å². The van der Waals surface area contributed by atoms with Crippen LogP contribution in [0.25, 0.3) is 0 Å².